The molecular weight excluding hydrogens is 432 g/mol. The molecule has 1 aliphatic heterocycles. The fourth-order valence-electron chi connectivity index (χ4n) is 3.77. The van der Waals surface area contributed by atoms with E-state index in [1.807, 2.05) is 0 Å². The van der Waals surface area contributed by atoms with Gasteiger partial charge in [0.05, 0.1) is 37.1 Å². The highest BCUT2D eigenvalue weighted by atomic mass is 35.5. The molecule has 1 atom stereocenters. The summed E-state index contributed by atoms with van der Waals surface area (Å²) in [6, 6.07) is 14.0. The van der Waals surface area contributed by atoms with Crippen LogP contribution in [0, 0.1) is 0 Å². The minimum atomic E-state index is -0.941. The highest BCUT2D eigenvalue weighted by Gasteiger charge is 2.48. The number of anilines is 1. The lowest BCUT2D eigenvalue weighted by atomic mass is 9.95. The molecule has 32 heavy (non-hydrogen) atoms. The average Bonchev–Trinajstić information content (AvgIpc) is 3.09. The number of ether oxygens (including phenoxy) is 2. The molecule has 0 radical (unpaired) electrons. The molecule has 1 fully saturated rings. The van der Waals surface area contributed by atoms with Crippen molar-refractivity contribution in [3.05, 3.63) is 88.7 Å². The SMILES string of the molecule is COc1ccc(Cl)cc1/C(O)=C1\C(=O)C(=O)N(c2ccccc2OC)C1c1cccnc1. The third-order valence-electron chi connectivity index (χ3n) is 5.21. The Balaban J connectivity index is 2.00. The lowest BCUT2D eigenvalue weighted by Crippen LogP contribution is -2.29. The number of carbonyl (C=O) groups excluding carboxylic acids is 2. The van der Waals surface area contributed by atoms with Gasteiger partial charge >= 0.3 is 0 Å². The van der Waals surface area contributed by atoms with Crippen molar-refractivity contribution < 1.29 is 24.2 Å². The number of aliphatic hydroxyl groups excluding tert-OH is 1. The summed E-state index contributed by atoms with van der Waals surface area (Å²) < 4.78 is 10.8. The van der Waals surface area contributed by atoms with E-state index in [-0.39, 0.29) is 11.1 Å². The Labute approximate surface area is 189 Å². The molecule has 1 saturated heterocycles. The quantitative estimate of drug-likeness (QED) is 0.352. The predicted molar refractivity (Wildman–Crippen MR) is 120 cm³/mol. The number of methoxy groups -OCH3 is 2. The van der Waals surface area contributed by atoms with Crippen LogP contribution < -0.4 is 14.4 Å². The smallest absolute Gasteiger partial charge is 0.300 e. The first-order chi connectivity index (χ1) is 15.5. The molecule has 0 spiro atoms. The van der Waals surface area contributed by atoms with Crippen molar-refractivity contribution in [3.8, 4) is 11.5 Å². The number of benzene rings is 2. The van der Waals surface area contributed by atoms with Crippen molar-refractivity contribution in [2.45, 2.75) is 6.04 Å². The van der Waals surface area contributed by atoms with E-state index in [0.29, 0.717) is 27.8 Å². The van der Waals surface area contributed by atoms with Crippen molar-refractivity contribution in [1.82, 2.24) is 4.98 Å². The van der Waals surface area contributed by atoms with Crippen LogP contribution in [0.5, 0.6) is 11.5 Å². The Morgan fingerprint density at radius 1 is 1.03 bits per heavy atom. The Bertz CT molecular complexity index is 1230. The summed E-state index contributed by atoms with van der Waals surface area (Å²) in [5, 5.41) is 11.6. The van der Waals surface area contributed by atoms with Gasteiger partial charge in [0, 0.05) is 17.4 Å². The third kappa shape index (κ3) is 3.56. The maximum Gasteiger partial charge on any atom is 0.300 e. The van der Waals surface area contributed by atoms with Crippen LogP contribution in [0.3, 0.4) is 0 Å². The van der Waals surface area contributed by atoms with Gasteiger partial charge in [-0.3, -0.25) is 19.5 Å². The maximum absolute atomic E-state index is 13.2. The zero-order chi connectivity index (χ0) is 22.8. The first kappa shape index (κ1) is 21.4. The van der Waals surface area contributed by atoms with Crippen molar-refractivity contribution in [2.75, 3.05) is 19.1 Å². The molecule has 0 saturated carbocycles. The molecule has 1 amide bonds. The van der Waals surface area contributed by atoms with Crippen LogP contribution in [0.25, 0.3) is 5.76 Å². The molecule has 4 rings (SSSR count). The van der Waals surface area contributed by atoms with Crippen LogP contribution in [0.1, 0.15) is 17.2 Å². The van der Waals surface area contributed by atoms with Crippen LogP contribution in [0.15, 0.2) is 72.6 Å². The summed E-state index contributed by atoms with van der Waals surface area (Å²) in [7, 11) is 2.91. The fraction of sp³-hybridized carbons (Fsp3) is 0.125. The molecule has 1 N–H and O–H groups in total. The summed E-state index contributed by atoms with van der Waals surface area (Å²) in [5.74, 6) is -1.33. The van der Waals surface area contributed by atoms with Crippen molar-refractivity contribution in [3.63, 3.8) is 0 Å². The molecule has 0 aliphatic carbocycles. The molecule has 1 aromatic heterocycles. The number of halogens is 1. The molecule has 1 aliphatic rings. The summed E-state index contributed by atoms with van der Waals surface area (Å²) >= 11 is 6.13. The van der Waals surface area contributed by atoms with Gasteiger partial charge in [0.2, 0.25) is 0 Å². The van der Waals surface area contributed by atoms with E-state index in [1.165, 1.54) is 25.2 Å². The first-order valence-corrected chi connectivity index (χ1v) is 10.0. The molecule has 3 aromatic rings. The van der Waals surface area contributed by atoms with Crippen molar-refractivity contribution in [2.24, 2.45) is 0 Å². The van der Waals surface area contributed by atoms with E-state index < -0.39 is 23.5 Å². The number of amides is 1. The van der Waals surface area contributed by atoms with Gasteiger partial charge < -0.3 is 14.6 Å². The maximum atomic E-state index is 13.2. The summed E-state index contributed by atoms with van der Waals surface area (Å²) in [4.78, 5) is 31.9. The Hall–Kier alpha value is -3.84. The van der Waals surface area contributed by atoms with Gasteiger partial charge in [0.1, 0.15) is 17.3 Å². The van der Waals surface area contributed by atoms with Crippen LogP contribution >= 0.6 is 11.6 Å². The van der Waals surface area contributed by atoms with E-state index in [4.69, 9.17) is 21.1 Å². The van der Waals surface area contributed by atoms with Gasteiger partial charge in [0.15, 0.2) is 0 Å². The van der Waals surface area contributed by atoms with Crippen LogP contribution in [0.2, 0.25) is 5.02 Å². The number of ketones is 1. The zero-order valence-corrected chi connectivity index (χ0v) is 18.0. The Kier molecular flexibility index (Phi) is 5.83. The summed E-state index contributed by atoms with van der Waals surface area (Å²) in [6.07, 6.45) is 3.13. The number of carbonyl (C=O) groups is 2. The van der Waals surface area contributed by atoms with E-state index in [9.17, 15) is 14.7 Å². The van der Waals surface area contributed by atoms with Gasteiger partial charge in [-0.15, -0.1) is 0 Å². The zero-order valence-electron chi connectivity index (χ0n) is 17.3. The molecule has 7 nitrogen and oxygen atoms in total. The number of pyridine rings is 1. The second-order valence-corrected chi connectivity index (χ2v) is 7.41. The average molecular weight is 451 g/mol. The molecule has 162 valence electrons. The Morgan fingerprint density at radius 3 is 2.47 bits per heavy atom. The van der Waals surface area contributed by atoms with Gasteiger partial charge in [0.25, 0.3) is 11.7 Å². The third-order valence-corrected chi connectivity index (χ3v) is 5.44. The van der Waals surface area contributed by atoms with Crippen LogP contribution in [-0.4, -0.2) is 36.0 Å². The molecule has 1 unspecified atom stereocenters. The summed E-state index contributed by atoms with van der Waals surface area (Å²) in [6.45, 7) is 0. The second-order valence-electron chi connectivity index (χ2n) is 6.97. The van der Waals surface area contributed by atoms with Crippen molar-refractivity contribution >= 4 is 34.7 Å². The highest BCUT2D eigenvalue weighted by Crippen LogP contribution is 2.45. The van der Waals surface area contributed by atoms with Gasteiger partial charge in [-0.05, 0) is 42.0 Å². The fourth-order valence-corrected chi connectivity index (χ4v) is 3.95. The number of nitrogens with zero attached hydrogens (tertiary/aromatic N) is 2. The number of aliphatic hydroxyl groups is 1. The number of hydrogen-bond donors (Lipinski definition) is 1. The lowest BCUT2D eigenvalue weighted by Gasteiger charge is -2.26. The van der Waals surface area contributed by atoms with Gasteiger partial charge in [-0.1, -0.05) is 29.8 Å². The topological polar surface area (TPSA) is 89.0 Å². The monoisotopic (exact) mass is 450 g/mol. The number of hydrogen-bond acceptors (Lipinski definition) is 6. The van der Waals surface area contributed by atoms with E-state index in [0.717, 1.165) is 0 Å². The summed E-state index contributed by atoms with van der Waals surface area (Å²) in [5.41, 5.74) is 1.03. The minimum Gasteiger partial charge on any atom is -0.507 e. The molecule has 2 aromatic carbocycles. The number of rotatable bonds is 5. The molecular formula is C24H19ClN2O5. The second kappa shape index (κ2) is 8.72. The molecule has 2 heterocycles. The van der Waals surface area contributed by atoms with Crippen molar-refractivity contribution in [1.29, 1.82) is 0 Å². The number of Topliss-reactive ketones (excluding diaryl/α,β-unsaturated/α-hetero) is 1. The first-order valence-electron chi connectivity index (χ1n) is 9.65. The van der Waals surface area contributed by atoms with E-state index in [1.54, 1.807) is 60.9 Å². The van der Waals surface area contributed by atoms with Crippen LogP contribution in [0.4, 0.5) is 5.69 Å². The van der Waals surface area contributed by atoms with Gasteiger partial charge in [-0.2, -0.15) is 0 Å². The lowest BCUT2D eigenvalue weighted by molar-refractivity contribution is -0.132. The largest absolute Gasteiger partial charge is 0.507 e. The molecule has 0 bridgehead atoms. The Morgan fingerprint density at radius 2 is 1.78 bits per heavy atom. The molecule has 8 heteroatoms. The van der Waals surface area contributed by atoms with Gasteiger partial charge in [-0.25, -0.2) is 0 Å². The number of aromatic nitrogens is 1. The van der Waals surface area contributed by atoms with E-state index >= 15 is 0 Å². The standard InChI is InChI=1S/C24H19ClN2O5/c1-31-18-10-9-15(25)12-16(18)22(28)20-21(14-6-5-11-26-13-14)27(24(30)23(20)29)17-7-3-4-8-19(17)32-2/h3-13,21,28H,1-2H3/b22-20+. The normalized spacial score (nSPS) is 17.5. The van der Waals surface area contributed by atoms with Crippen LogP contribution in [-0.2, 0) is 9.59 Å². The highest BCUT2D eigenvalue weighted by molar-refractivity contribution is 6.52. The minimum absolute atomic E-state index is 0.102. The predicted octanol–water partition coefficient (Wildman–Crippen LogP) is 4.38. The van der Waals surface area contributed by atoms with E-state index in [2.05, 4.69) is 4.98 Å². The number of para-hydroxylation sites is 2.